The van der Waals surface area contributed by atoms with Gasteiger partial charge in [-0.3, -0.25) is 0 Å². The molecule has 0 bridgehead atoms. The molecule has 0 aromatic rings. The first kappa shape index (κ1) is 6.57. The highest BCUT2D eigenvalue weighted by atomic mass is 19.1. The van der Waals surface area contributed by atoms with Crippen molar-refractivity contribution in [3.8, 4) is 12.3 Å². The lowest BCUT2D eigenvalue weighted by atomic mass is 10.0. The summed E-state index contributed by atoms with van der Waals surface area (Å²) < 4.78 is 13.1. The van der Waals surface area contributed by atoms with Crippen LogP contribution in [0.5, 0.6) is 0 Å². The van der Waals surface area contributed by atoms with Crippen molar-refractivity contribution in [2.75, 3.05) is 6.54 Å². The van der Waals surface area contributed by atoms with Gasteiger partial charge in [-0.25, -0.2) is 4.39 Å². The predicted octanol–water partition coefficient (Wildman–Crippen LogP) is 0.697. The molecule has 2 heteroatoms. The molecule has 0 spiro atoms. The average Bonchev–Trinajstić information content (AvgIpc) is 2.68. The molecule has 0 aromatic carbocycles. The minimum atomic E-state index is -1.50. The van der Waals surface area contributed by atoms with Gasteiger partial charge in [0.25, 0.3) is 0 Å². The predicted molar refractivity (Wildman–Crippen MR) is 34.5 cm³/mol. The lowest BCUT2D eigenvalue weighted by Gasteiger charge is -2.14. The van der Waals surface area contributed by atoms with Gasteiger partial charge in [0.2, 0.25) is 0 Å². The Bertz CT molecular complexity index is 145. The zero-order valence-corrected chi connectivity index (χ0v) is 5.23. The van der Waals surface area contributed by atoms with Gasteiger partial charge in [-0.2, -0.15) is 0 Å². The number of terminal acetylenes is 1. The summed E-state index contributed by atoms with van der Waals surface area (Å²) in [5.41, 5.74) is 3.64. The molecule has 0 aliphatic heterocycles. The van der Waals surface area contributed by atoms with Gasteiger partial charge in [0.15, 0.2) is 5.67 Å². The van der Waals surface area contributed by atoms with Crippen LogP contribution in [0.15, 0.2) is 0 Å². The standard InChI is InChI=1S/C7H10FN/c1-2-7(8,5-9)6-3-4-6/h1,6H,3-5,9H2. The fourth-order valence-electron chi connectivity index (χ4n) is 0.884. The van der Waals surface area contributed by atoms with Crippen molar-refractivity contribution < 1.29 is 4.39 Å². The summed E-state index contributed by atoms with van der Waals surface area (Å²) in [6.07, 6.45) is 6.75. The summed E-state index contributed by atoms with van der Waals surface area (Å²) >= 11 is 0. The minimum Gasteiger partial charge on any atom is -0.327 e. The van der Waals surface area contributed by atoms with Crippen LogP contribution in [0.2, 0.25) is 0 Å². The fraction of sp³-hybridized carbons (Fsp3) is 0.714. The van der Waals surface area contributed by atoms with E-state index < -0.39 is 5.67 Å². The molecular weight excluding hydrogens is 117 g/mol. The molecule has 0 radical (unpaired) electrons. The lowest BCUT2D eigenvalue weighted by Crippen LogP contribution is -2.33. The molecule has 1 nitrogen and oxygen atoms in total. The van der Waals surface area contributed by atoms with Crippen LogP contribution in [0.4, 0.5) is 4.39 Å². The van der Waals surface area contributed by atoms with Gasteiger partial charge in [-0.05, 0) is 12.8 Å². The number of rotatable bonds is 2. The Morgan fingerprint density at radius 3 is 2.44 bits per heavy atom. The highest BCUT2D eigenvalue weighted by Gasteiger charge is 2.43. The number of nitrogens with two attached hydrogens (primary N) is 1. The Kier molecular flexibility index (Phi) is 1.46. The number of alkyl halides is 1. The molecule has 1 aliphatic rings. The van der Waals surface area contributed by atoms with Gasteiger partial charge in [-0.1, -0.05) is 5.92 Å². The van der Waals surface area contributed by atoms with Crippen LogP contribution >= 0.6 is 0 Å². The molecule has 0 saturated heterocycles. The van der Waals surface area contributed by atoms with E-state index in [2.05, 4.69) is 5.92 Å². The van der Waals surface area contributed by atoms with Crippen molar-refractivity contribution >= 4 is 0 Å². The summed E-state index contributed by atoms with van der Waals surface area (Å²) in [7, 11) is 0. The van der Waals surface area contributed by atoms with Crippen LogP contribution in [0.25, 0.3) is 0 Å². The summed E-state index contributed by atoms with van der Waals surface area (Å²) in [5.74, 6) is 2.15. The molecule has 1 fully saturated rings. The second-order valence-corrected chi connectivity index (χ2v) is 2.49. The average molecular weight is 127 g/mol. The normalized spacial score (nSPS) is 24.6. The zero-order chi connectivity index (χ0) is 6.91. The van der Waals surface area contributed by atoms with Crippen molar-refractivity contribution in [3.63, 3.8) is 0 Å². The molecule has 1 saturated carbocycles. The molecule has 0 aromatic heterocycles. The van der Waals surface area contributed by atoms with E-state index in [4.69, 9.17) is 12.2 Å². The lowest BCUT2D eigenvalue weighted by molar-refractivity contribution is 0.219. The molecule has 2 N–H and O–H groups in total. The molecule has 1 atom stereocenters. The highest BCUT2D eigenvalue weighted by molar-refractivity contribution is 5.15. The van der Waals surface area contributed by atoms with Crippen molar-refractivity contribution in [3.05, 3.63) is 0 Å². The highest BCUT2D eigenvalue weighted by Crippen LogP contribution is 2.41. The van der Waals surface area contributed by atoms with Crippen LogP contribution in [0.1, 0.15) is 12.8 Å². The van der Waals surface area contributed by atoms with E-state index in [1.165, 1.54) is 0 Å². The van der Waals surface area contributed by atoms with Crippen molar-refractivity contribution in [1.82, 2.24) is 0 Å². The summed E-state index contributed by atoms with van der Waals surface area (Å²) in [6.45, 7) is -0.0336. The Morgan fingerprint density at radius 2 is 2.33 bits per heavy atom. The summed E-state index contributed by atoms with van der Waals surface area (Å²) in [4.78, 5) is 0. The van der Waals surface area contributed by atoms with Crippen LogP contribution in [0, 0.1) is 18.3 Å². The second-order valence-electron chi connectivity index (χ2n) is 2.49. The molecule has 1 unspecified atom stereocenters. The van der Waals surface area contributed by atoms with Crippen molar-refractivity contribution in [2.45, 2.75) is 18.5 Å². The van der Waals surface area contributed by atoms with Gasteiger partial charge in [0, 0.05) is 12.5 Å². The monoisotopic (exact) mass is 127 g/mol. The van der Waals surface area contributed by atoms with Gasteiger partial charge in [0.05, 0.1) is 0 Å². The molecular formula is C7H10FN. The summed E-state index contributed by atoms with van der Waals surface area (Å²) in [5, 5.41) is 0. The first-order valence-electron chi connectivity index (χ1n) is 3.09. The number of hydrogen-bond donors (Lipinski definition) is 1. The maximum Gasteiger partial charge on any atom is 0.185 e. The fourth-order valence-corrected chi connectivity index (χ4v) is 0.884. The molecule has 1 aliphatic carbocycles. The maximum atomic E-state index is 13.1. The quantitative estimate of drug-likeness (QED) is 0.543. The number of halogens is 1. The van der Waals surface area contributed by atoms with Crippen LogP contribution < -0.4 is 5.73 Å². The first-order valence-corrected chi connectivity index (χ1v) is 3.09. The Morgan fingerprint density at radius 1 is 1.78 bits per heavy atom. The van der Waals surface area contributed by atoms with E-state index in [0.717, 1.165) is 12.8 Å². The van der Waals surface area contributed by atoms with E-state index in [-0.39, 0.29) is 12.5 Å². The number of hydrogen-bond acceptors (Lipinski definition) is 1. The smallest absolute Gasteiger partial charge is 0.185 e. The maximum absolute atomic E-state index is 13.1. The van der Waals surface area contributed by atoms with Gasteiger partial charge >= 0.3 is 0 Å². The SMILES string of the molecule is C#CC(F)(CN)C1CC1. The third-order valence-corrected chi connectivity index (χ3v) is 1.76. The van der Waals surface area contributed by atoms with E-state index in [0.29, 0.717) is 0 Å². The largest absolute Gasteiger partial charge is 0.327 e. The van der Waals surface area contributed by atoms with Crippen molar-refractivity contribution in [2.24, 2.45) is 11.7 Å². The van der Waals surface area contributed by atoms with Crippen LogP contribution in [-0.4, -0.2) is 12.2 Å². The van der Waals surface area contributed by atoms with Crippen molar-refractivity contribution in [1.29, 1.82) is 0 Å². The molecule has 0 amide bonds. The van der Waals surface area contributed by atoms with Gasteiger partial charge in [-0.15, -0.1) is 6.42 Å². The van der Waals surface area contributed by atoms with Gasteiger partial charge in [0.1, 0.15) is 0 Å². The second kappa shape index (κ2) is 2.00. The Hall–Kier alpha value is -0.550. The van der Waals surface area contributed by atoms with E-state index in [9.17, 15) is 4.39 Å². The van der Waals surface area contributed by atoms with E-state index >= 15 is 0 Å². The van der Waals surface area contributed by atoms with Crippen LogP contribution in [-0.2, 0) is 0 Å². The van der Waals surface area contributed by atoms with E-state index in [1.807, 2.05) is 0 Å². The minimum absolute atomic E-state index is 0.0336. The summed E-state index contributed by atoms with van der Waals surface area (Å²) in [6, 6.07) is 0. The Balaban J connectivity index is 2.56. The molecule has 1 rings (SSSR count). The topological polar surface area (TPSA) is 26.0 Å². The third-order valence-electron chi connectivity index (χ3n) is 1.76. The van der Waals surface area contributed by atoms with Crippen LogP contribution in [0.3, 0.4) is 0 Å². The Labute approximate surface area is 54.4 Å². The zero-order valence-electron chi connectivity index (χ0n) is 5.23. The third kappa shape index (κ3) is 1.06. The molecule has 9 heavy (non-hydrogen) atoms. The van der Waals surface area contributed by atoms with E-state index in [1.54, 1.807) is 0 Å². The molecule has 0 heterocycles. The van der Waals surface area contributed by atoms with Gasteiger partial charge < -0.3 is 5.73 Å². The first-order chi connectivity index (χ1) is 4.23. The molecule has 50 valence electrons.